The zero-order valence-corrected chi connectivity index (χ0v) is 11.9. The minimum absolute atomic E-state index is 0.136. The van der Waals surface area contributed by atoms with Crippen molar-refractivity contribution >= 4 is 39.3 Å². The average molecular weight is 336 g/mol. The molecular formula is C12H12BrClO4. The second kappa shape index (κ2) is 6.31. The third kappa shape index (κ3) is 3.54. The Morgan fingerprint density at radius 2 is 2.00 bits per heavy atom. The van der Waals surface area contributed by atoms with Gasteiger partial charge in [-0.1, -0.05) is 22.0 Å². The van der Waals surface area contributed by atoms with Crippen molar-refractivity contribution in [3.63, 3.8) is 0 Å². The second-order valence-corrected chi connectivity index (χ2v) is 5.46. The Hall–Kier alpha value is -0.910. The highest BCUT2D eigenvalue weighted by atomic mass is 79.9. The molecule has 0 aromatic heterocycles. The molecule has 2 N–H and O–H groups in total. The van der Waals surface area contributed by atoms with Crippen LogP contribution in [-0.2, 0) is 10.7 Å². The Morgan fingerprint density at radius 3 is 2.44 bits per heavy atom. The van der Waals surface area contributed by atoms with Crippen LogP contribution in [-0.4, -0.2) is 26.8 Å². The number of rotatable bonds is 5. The van der Waals surface area contributed by atoms with Gasteiger partial charge < -0.3 is 10.2 Å². The maximum Gasteiger partial charge on any atom is 0.337 e. The predicted octanol–water partition coefficient (Wildman–Crippen LogP) is 2.51. The summed E-state index contributed by atoms with van der Waals surface area (Å²) in [5.74, 6) is -1.43. The van der Waals surface area contributed by atoms with E-state index in [-0.39, 0.29) is 17.2 Å². The van der Waals surface area contributed by atoms with Gasteiger partial charge in [0.15, 0.2) is 11.9 Å². The topological polar surface area (TPSA) is 74.6 Å². The fourth-order valence-electron chi connectivity index (χ4n) is 1.47. The molecule has 0 radical (unpaired) electrons. The molecule has 18 heavy (non-hydrogen) atoms. The first-order valence-electron chi connectivity index (χ1n) is 5.15. The zero-order valence-electron chi connectivity index (χ0n) is 9.56. The van der Waals surface area contributed by atoms with Crippen LogP contribution in [0.15, 0.2) is 18.2 Å². The van der Waals surface area contributed by atoms with Crippen LogP contribution in [0.5, 0.6) is 0 Å². The van der Waals surface area contributed by atoms with Crippen molar-refractivity contribution in [3.8, 4) is 0 Å². The summed E-state index contributed by atoms with van der Waals surface area (Å²) in [6.07, 6.45) is -1.66. The van der Waals surface area contributed by atoms with Gasteiger partial charge in [0, 0.05) is 11.4 Å². The van der Waals surface area contributed by atoms with Crippen molar-refractivity contribution < 1.29 is 19.8 Å². The largest absolute Gasteiger partial charge is 0.479 e. The van der Waals surface area contributed by atoms with Gasteiger partial charge in [0.25, 0.3) is 0 Å². The molecule has 4 nitrogen and oxygen atoms in total. The van der Waals surface area contributed by atoms with E-state index in [0.717, 1.165) is 0 Å². The van der Waals surface area contributed by atoms with Crippen molar-refractivity contribution in [2.45, 2.75) is 23.7 Å². The van der Waals surface area contributed by atoms with Gasteiger partial charge in [0.2, 0.25) is 0 Å². The highest BCUT2D eigenvalue weighted by molar-refractivity contribution is 9.10. The van der Waals surface area contributed by atoms with Crippen LogP contribution in [0.1, 0.15) is 34.5 Å². The summed E-state index contributed by atoms with van der Waals surface area (Å²) in [6, 6.07) is 4.43. The zero-order chi connectivity index (χ0) is 13.9. The van der Waals surface area contributed by atoms with E-state index in [1.54, 1.807) is 13.0 Å². The molecule has 0 aliphatic rings. The maximum absolute atomic E-state index is 11.8. The SMILES string of the molecule is CC(Br)C(=O)c1cc(CCl)cc(C(O)C(=O)O)c1. The summed E-state index contributed by atoms with van der Waals surface area (Å²) in [5, 5.41) is 18.3. The molecule has 0 aliphatic carbocycles. The van der Waals surface area contributed by atoms with Crippen molar-refractivity contribution in [1.29, 1.82) is 0 Å². The van der Waals surface area contributed by atoms with E-state index in [4.69, 9.17) is 16.7 Å². The lowest BCUT2D eigenvalue weighted by atomic mass is 9.99. The molecule has 0 bridgehead atoms. The first kappa shape index (κ1) is 15.1. The van der Waals surface area contributed by atoms with Gasteiger partial charge in [-0.2, -0.15) is 0 Å². The maximum atomic E-state index is 11.8. The van der Waals surface area contributed by atoms with Crippen LogP contribution in [0.2, 0.25) is 0 Å². The number of carbonyl (C=O) groups excluding carboxylic acids is 1. The van der Waals surface area contributed by atoms with Crippen LogP contribution < -0.4 is 0 Å². The molecule has 0 saturated heterocycles. The van der Waals surface area contributed by atoms with Crippen LogP contribution in [0.25, 0.3) is 0 Å². The lowest BCUT2D eigenvalue weighted by Crippen LogP contribution is -2.14. The van der Waals surface area contributed by atoms with Crippen molar-refractivity contribution in [1.82, 2.24) is 0 Å². The van der Waals surface area contributed by atoms with Gasteiger partial charge in [-0.3, -0.25) is 4.79 Å². The van der Waals surface area contributed by atoms with Crippen LogP contribution in [0, 0.1) is 0 Å². The number of alkyl halides is 2. The monoisotopic (exact) mass is 334 g/mol. The summed E-state index contributed by atoms with van der Waals surface area (Å²) in [5.41, 5.74) is 1.07. The lowest BCUT2D eigenvalue weighted by molar-refractivity contribution is -0.146. The molecule has 0 fully saturated rings. The molecule has 0 aliphatic heterocycles. The number of aliphatic hydroxyl groups excluding tert-OH is 1. The van der Waals surface area contributed by atoms with E-state index in [0.29, 0.717) is 11.1 Å². The Kier molecular flexibility index (Phi) is 5.31. The first-order valence-corrected chi connectivity index (χ1v) is 6.60. The minimum atomic E-state index is -1.66. The number of aliphatic carboxylic acids is 1. The Bertz CT molecular complexity index is 473. The number of Topliss-reactive ketones (excluding diaryl/α,β-unsaturated/α-hetero) is 1. The van der Waals surface area contributed by atoms with E-state index in [2.05, 4.69) is 15.9 Å². The number of aliphatic hydroxyl groups is 1. The fraction of sp³-hybridized carbons (Fsp3) is 0.333. The van der Waals surface area contributed by atoms with E-state index in [9.17, 15) is 14.7 Å². The van der Waals surface area contributed by atoms with Gasteiger partial charge in [0.05, 0.1) is 4.83 Å². The van der Waals surface area contributed by atoms with Gasteiger partial charge >= 0.3 is 5.97 Å². The molecule has 6 heteroatoms. The number of carbonyl (C=O) groups is 2. The van der Waals surface area contributed by atoms with Crippen molar-refractivity contribution in [2.24, 2.45) is 0 Å². The molecule has 2 atom stereocenters. The van der Waals surface area contributed by atoms with Crippen LogP contribution in [0.3, 0.4) is 0 Å². The Morgan fingerprint density at radius 1 is 1.39 bits per heavy atom. The van der Waals surface area contributed by atoms with Gasteiger partial charge in [-0.05, 0) is 30.2 Å². The molecule has 1 aromatic rings. The van der Waals surface area contributed by atoms with Crippen molar-refractivity contribution in [3.05, 3.63) is 34.9 Å². The summed E-state index contributed by atoms with van der Waals surface area (Å²) in [7, 11) is 0. The third-order valence-electron chi connectivity index (χ3n) is 2.36. The smallest absolute Gasteiger partial charge is 0.337 e. The highest BCUT2D eigenvalue weighted by Gasteiger charge is 2.20. The summed E-state index contributed by atoms with van der Waals surface area (Å²) in [6.45, 7) is 1.67. The average Bonchev–Trinajstić information content (AvgIpc) is 2.35. The molecule has 1 aromatic carbocycles. The Labute approximate surface area is 118 Å². The summed E-state index contributed by atoms with van der Waals surface area (Å²) < 4.78 is 0. The van der Waals surface area contributed by atoms with Gasteiger partial charge in [-0.15, -0.1) is 11.6 Å². The van der Waals surface area contributed by atoms with Crippen molar-refractivity contribution in [2.75, 3.05) is 0 Å². The molecule has 0 saturated carbocycles. The van der Waals surface area contributed by atoms with Gasteiger partial charge in [-0.25, -0.2) is 4.79 Å². The number of halogens is 2. The normalized spacial score (nSPS) is 14.0. The molecular weight excluding hydrogens is 323 g/mol. The number of hydrogen-bond acceptors (Lipinski definition) is 3. The van der Waals surface area contributed by atoms with Crippen LogP contribution in [0.4, 0.5) is 0 Å². The number of carboxylic acids is 1. The Balaban J connectivity index is 3.25. The van der Waals surface area contributed by atoms with E-state index < -0.39 is 16.9 Å². The third-order valence-corrected chi connectivity index (χ3v) is 3.09. The standard InChI is InChI=1S/C12H12BrClO4/c1-6(13)10(15)8-2-7(5-14)3-9(4-8)11(16)12(17)18/h2-4,6,11,16H,5H2,1H3,(H,17,18). The number of ketones is 1. The van der Waals surface area contributed by atoms with E-state index in [1.165, 1.54) is 12.1 Å². The quantitative estimate of drug-likeness (QED) is 0.640. The highest BCUT2D eigenvalue weighted by Crippen LogP contribution is 2.21. The minimum Gasteiger partial charge on any atom is -0.479 e. The summed E-state index contributed by atoms with van der Waals surface area (Å²) >= 11 is 8.84. The molecule has 0 heterocycles. The predicted molar refractivity (Wildman–Crippen MR) is 71.3 cm³/mol. The first-order chi connectivity index (χ1) is 8.36. The molecule has 0 spiro atoms. The molecule has 98 valence electrons. The van der Waals surface area contributed by atoms with Gasteiger partial charge in [0.1, 0.15) is 0 Å². The number of hydrogen-bond donors (Lipinski definition) is 2. The number of carboxylic acid groups (broad SMARTS) is 1. The van der Waals surface area contributed by atoms with Crippen LogP contribution >= 0.6 is 27.5 Å². The molecule has 2 unspecified atom stereocenters. The second-order valence-electron chi connectivity index (χ2n) is 3.82. The fourth-order valence-corrected chi connectivity index (χ4v) is 1.89. The lowest BCUT2D eigenvalue weighted by Gasteiger charge is -2.11. The molecule has 1 rings (SSSR count). The van der Waals surface area contributed by atoms with E-state index in [1.807, 2.05) is 0 Å². The molecule has 0 amide bonds. The summed E-state index contributed by atoms with van der Waals surface area (Å²) in [4.78, 5) is 22.2. The number of benzene rings is 1. The van der Waals surface area contributed by atoms with E-state index >= 15 is 0 Å².